The van der Waals surface area contributed by atoms with Gasteiger partial charge in [-0.2, -0.15) is 0 Å². The van der Waals surface area contributed by atoms with Gasteiger partial charge in [-0.1, -0.05) is 113 Å². The molecule has 0 spiro atoms. The van der Waals surface area contributed by atoms with Gasteiger partial charge in [-0.25, -0.2) is 4.39 Å². The smallest absolute Gasteiger partial charge is 0.305 e. The van der Waals surface area contributed by atoms with Gasteiger partial charge in [0.1, 0.15) is 5.82 Å². The highest BCUT2D eigenvalue weighted by Crippen LogP contribution is 2.48. The number of carbonyl (C=O) groups is 1. The van der Waals surface area contributed by atoms with E-state index in [0.29, 0.717) is 0 Å². The summed E-state index contributed by atoms with van der Waals surface area (Å²) in [6.45, 7) is 11.4. The topological polar surface area (TPSA) is 77.8 Å². The molecule has 3 aromatic carbocycles. The molecule has 4 aromatic rings. The highest BCUT2D eigenvalue weighted by molar-refractivity contribution is 7.64. The molecule has 1 aliphatic rings. The fourth-order valence-corrected chi connectivity index (χ4v) is 13.4. The number of hydrogen-bond donors (Lipinski definition) is 1. The lowest BCUT2D eigenvalue weighted by molar-refractivity contribution is -0.138. The molecule has 1 aliphatic heterocycles. The zero-order valence-corrected chi connectivity index (χ0v) is 31.2. The summed E-state index contributed by atoms with van der Waals surface area (Å²) in [7, 11) is -5.60. The average Bonchev–Trinajstić information content (AvgIpc) is 3.41. The van der Waals surface area contributed by atoms with Gasteiger partial charge in [0.05, 0.1) is 24.3 Å². The zero-order valence-electron chi connectivity index (χ0n) is 29.3. The first-order chi connectivity index (χ1) is 23.3. The minimum atomic E-state index is -3.77. The van der Waals surface area contributed by atoms with Crippen molar-refractivity contribution in [2.24, 2.45) is 0 Å². The maximum atomic E-state index is 14.7. The van der Waals surface area contributed by atoms with E-state index >= 15 is 0 Å². The quantitative estimate of drug-likeness (QED) is 0.0967. The third kappa shape index (κ3) is 7.71. The van der Waals surface area contributed by atoms with Crippen LogP contribution in [0.1, 0.15) is 76.8 Å². The van der Waals surface area contributed by atoms with Crippen LogP contribution in [0.3, 0.4) is 0 Å². The fraction of sp³-hybridized carbons (Fsp3) is 0.375. The van der Waals surface area contributed by atoms with E-state index < -0.39 is 32.8 Å². The van der Waals surface area contributed by atoms with E-state index in [9.17, 15) is 18.9 Å². The minimum Gasteiger partial charge on any atom is -0.481 e. The summed E-state index contributed by atoms with van der Waals surface area (Å²) in [6, 6.07) is 26.4. The van der Waals surface area contributed by atoms with Crippen molar-refractivity contribution in [3.63, 3.8) is 0 Å². The molecule has 0 saturated heterocycles. The highest BCUT2D eigenvalue weighted by atomic mass is 31.2. The molecule has 258 valence electrons. The second-order valence-electron chi connectivity index (χ2n) is 14.1. The molecule has 2 heterocycles. The van der Waals surface area contributed by atoms with Crippen LogP contribution in [-0.4, -0.2) is 43.3 Å². The number of fused-ring (bicyclic) bond motifs is 1. The number of nitrogens with zero attached hydrogens (tertiary/aromatic N) is 1. The molecule has 0 aliphatic carbocycles. The van der Waals surface area contributed by atoms with E-state index in [4.69, 9.17) is 8.95 Å². The summed E-state index contributed by atoms with van der Waals surface area (Å²) in [6.07, 6.45) is 1.44. The van der Waals surface area contributed by atoms with Crippen LogP contribution in [0.25, 0.3) is 11.1 Å². The largest absolute Gasteiger partial charge is 0.481 e. The van der Waals surface area contributed by atoms with Crippen molar-refractivity contribution in [2.45, 2.75) is 83.9 Å². The van der Waals surface area contributed by atoms with Crippen molar-refractivity contribution < 1.29 is 27.8 Å². The Morgan fingerprint density at radius 3 is 2.08 bits per heavy atom. The van der Waals surface area contributed by atoms with Gasteiger partial charge >= 0.3 is 5.97 Å². The molecule has 2 atom stereocenters. The molecule has 0 bridgehead atoms. The van der Waals surface area contributed by atoms with Crippen LogP contribution in [0.2, 0.25) is 5.04 Å². The lowest BCUT2D eigenvalue weighted by Crippen LogP contribution is -2.68. The average molecular weight is 700 g/mol. The standard InChI is InChI=1S/C40H47FNO5PSi/c1-29(2)39-35(38(30-20-22-31(41)23-21-30)36-19-13-14-25-42(36)39)24-26-48(45,46-6)28-32(27-37(43)44)47-49(40(3,4)5,33-15-9-7-10-16-33)34-17-11-8-12-18-34/h7-12,15-18,20-23,29,32H,13-14,19,25,27-28H2,1-6H3,(H,43,44)/t32-,48?/m0/s1. The van der Waals surface area contributed by atoms with Gasteiger partial charge in [-0.15, -0.1) is 0 Å². The molecule has 49 heavy (non-hydrogen) atoms. The monoisotopic (exact) mass is 699 g/mol. The third-order valence-corrected chi connectivity index (χ3v) is 16.4. The zero-order chi connectivity index (χ0) is 35.4. The Morgan fingerprint density at radius 1 is 0.980 bits per heavy atom. The Hall–Kier alpha value is -3.73. The first kappa shape index (κ1) is 36.5. The molecule has 0 amide bonds. The van der Waals surface area contributed by atoms with E-state index in [1.165, 1.54) is 19.2 Å². The SMILES string of the molecule is COP(=O)(C#Cc1c(-c2ccc(F)cc2)c2n(c1C(C)C)CCCC2)C[C@H](CC(=O)O)O[Si](c1ccccc1)(c1ccccc1)C(C)(C)C. The van der Waals surface area contributed by atoms with Crippen LogP contribution in [0, 0.1) is 17.4 Å². The van der Waals surface area contributed by atoms with E-state index in [2.05, 4.69) is 50.8 Å². The molecule has 0 radical (unpaired) electrons. The number of aliphatic carboxylic acids is 1. The van der Waals surface area contributed by atoms with E-state index in [-0.39, 0.29) is 24.3 Å². The van der Waals surface area contributed by atoms with Gasteiger partial charge in [-0.3, -0.25) is 9.36 Å². The molecule has 0 saturated carbocycles. The van der Waals surface area contributed by atoms with E-state index in [1.807, 2.05) is 60.7 Å². The summed E-state index contributed by atoms with van der Waals surface area (Å²) in [4.78, 5) is 12.4. The van der Waals surface area contributed by atoms with Crippen LogP contribution < -0.4 is 10.4 Å². The van der Waals surface area contributed by atoms with E-state index in [0.717, 1.165) is 64.3 Å². The molecule has 0 fully saturated rings. The molecule has 1 aromatic heterocycles. The number of aromatic nitrogens is 1. The van der Waals surface area contributed by atoms with Gasteiger partial charge in [0, 0.05) is 30.6 Å². The van der Waals surface area contributed by atoms with Crippen molar-refractivity contribution in [3.8, 4) is 22.7 Å². The van der Waals surface area contributed by atoms with Crippen molar-refractivity contribution in [3.05, 3.63) is 108 Å². The number of benzene rings is 3. The van der Waals surface area contributed by atoms with E-state index in [1.54, 1.807) is 12.1 Å². The maximum Gasteiger partial charge on any atom is 0.305 e. The Bertz CT molecular complexity index is 1830. The number of rotatable bonds is 11. The summed E-state index contributed by atoms with van der Waals surface area (Å²) in [5.74, 6) is 2.04. The van der Waals surface area contributed by atoms with Crippen molar-refractivity contribution in [2.75, 3.05) is 13.3 Å². The molecular weight excluding hydrogens is 652 g/mol. The Kier molecular flexibility index (Phi) is 11.2. The fourth-order valence-electron chi connectivity index (χ4n) is 7.27. The Morgan fingerprint density at radius 2 is 1.57 bits per heavy atom. The van der Waals surface area contributed by atoms with Crippen molar-refractivity contribution in [1.82, 2.24) is 4.57 Å². The summed E-state index contributed by atoms with van der Waals surface area (Å²) in [5, 5.41) is 11.7. The van der Waals surface area contributed by atoms with Gasteiger partial charge in [0.25, 0.3) is 15.7 Å². The summed E-state index contributed by atoms with van der Waals surface area (Å²) < 4.78 is 43.9. The maximum absolute atomic E-state index is 14.7. The van der Waals surface area contributed by atoms with Gasteiger partial charge in [0.15, 0.2) is 0 Å². The number of hydrogen-bond acceptors (Lipinski definition) is 4. The molecule has 1 unspecified atom stereocenters. The van der Waals surface area contributed by atoms with Crippen molar-refractivity contribution >= 4 is 32.0 Å². The molecule has 5 rings (SSSR count). The van der Waals surface area contributed by atoms with Crippen LogP contribution in [0.5, 0.6) is 0 Å². The molecular formula is C40H47FNO5PSi. The predicted molar refractivity (Wildman–Crippen MR) is 198 cm³/mol. The van der Waals surface area contributed by atoms with Crippen LogP contribution in [0.4, 0.5) is 4.39 Å². The lowest BCUT2D eigenvalue weighted by Gasteiger charge is -2.45. The normalized spacial score (nSPS) is 15.2. The first-order valence-electron chi connectivity index (χ1n) is 17.0. The Labute approximate surface area is 291 Å². The van der Waals surface area contributed by atoms with Gasteiger partial charge in [0.2, 0.25) is 0 Å². The molecule has 9 heteroatoms. The minimum absolute atomic E-state index is 0.121. The third-order valence-electron chi connectivity index (χ3n) is 9.39. The second-order valence-corrected chi connectivity index (χ2v) is 20.7. The summed E-state index contributed by atoms with van der Waals surface area (Å²) >= 11 is 0. The lowest BCUT2D eigenvalue weighted by atomic mass is 9.96. The van der Waals surface area contributed by atoms with Crippen LogP contribution in [-0.2, 0) is 31.3 Å². The second kappa shape index (κ2) is 15.0. The van der Waals surface area contributed by atoms with Crippen LogP contribution in [0.15, 0.2) is 84.9 Å². The molecule has 6 nitrogen and oxygen atoms in total. The molecule has 1 N–H and O–H groups in total. The Balaban J connectivity index is 1.63. The first-order valence-corrected chi connectivity index (χ1v) is 20.7. The summed E-state index contributed by atoms with van der Waals surface area (Å²) in [5.41, 5.74) is 7.79. The van der Waals surface area contributed by atoms with Crippen molar-refractivity contribution in [1.29, 1.82) is 0 Å². The number of halogens is 1. The number of carboxylic acids is 1. The predicted octanol–water partition coefficient (Wildman–Crippen LogP) is 8.41. The van der Waals surface area contributed by atoms with Gasteiger partial charge < -0.3 is 18.6 Å². The highest BCUT2D eigenvalue weighted by Gasteiger charge is 2.52. The van der Waals surface area contributed by atoms with Gasteiger partial charge in [-0.05, 0) is 63.9 Å². The number of carboxylic acid groups (broad SMARTS) is 1. The van der Waals surface area contributed by atoms with Crippen LogP contribution >= 0.6 is 7.37 Å².